The Bertz CT molecular complexity index is 701. The van der Waals surface area contributed by atoms with E-state index in [-0.39, 0.29) is 5.91 Å². The van der Waals surface area contributed by atoms with Gasteiger partial charge in [0.1, 0.15) is 11.3 Å². The van der Waals surface area contributed by atoms with Gasteiger partial charge in [-0.3, -0.25) is 9.59 Å². The molecule has 1 atom stereocenters. The van der Waals surface area contributed by atoms with Crippen molar-refractivity contribution < 1.29 is 18.9 Å². The highest BCUT2D eigenvalue weighted by Crippen LogP contribution is 2.23. The molecule has 2 amide bonds. The minimum atomic E-state index is -0.535. The van der Waals surface area contributed by atoms with Gasteiger partial charge in [0.05, 0.1) is 12.8 Å². The summed E-state index contributed by atoms with van der Waals surface area (Å²) >= 11 is 0. The molecule has 0 saturated carbocycles. The second-order valence-electron chi connectivity index (χ2n) is 4.77. The number of aromatic nitrogens is 1. The number of carbonyl (C=O) groups is 2. The maximum atomic E-state index is 12.4. The van der Waals surface area contributed by atoms with Crippen LogP contribution in [0.4, 0.5) is 5.69 Å². The maximum Gasteiger partial charge on any atom is 0.293 e. The van der Waals surface area contributed by atoms with Crippen molar-refractivity contribution in [1.82, 2.24) is 0 Å². The number of para-hydroxylation sites is 2. The molecule has 1 aromatic heterocycles. The Morgan fingerprint density at radius 1 is 1.23 bits per heavy atom. The lowest BCUT2D eigenvalue weighted by Gasteiger charge is -2.11. The summed E-state index contributed by atoms with van der Waals surface area (Å²) in [5.74, 6) is -0.179. The van der Waals surface area contributed by atoms with E-state index in [0.717, 1.165) is 0 Å². The third-order valence-electron chi connectivity index (χ3n) is 3.30. The molecule has 0 bridgehead atoms. The fourth-order valence-corrected chi connectivity index (χ4v) is 2.00. The Hall–Kier alpha value is -2.89. The number of nitrogens with zero attached hydrogens (tertiary/aromatic N) is 1. The summed E-state index contributed by atoms with van der Waals surface area (Å²) in [6.07, 6.45) is 3.26. The first kappa shape index (κ1) is 15.5. The summed E-state index contributed by atoms with van der Waals surface area (Å²) in [5, 5.41) is 2.81. The van der Waals surface area contributed by atoms with Crippen LogP contribution in [0.1, 0.15) is 23.3 Å². The van der Waals surface area contributed by atoms with Crippen molar-refractivity contribution in [3.8, 4) is 5.75 Å². The second kappa shape index (κ2) is 6.71. The van der Waals surface area contributed by atoms with Gasteiger partial charge in [-0.15, -0.1) is 0 Å². The number of methoxy groups -OCH3 is 1. The molecule has 2 rings (SSSR count). The molecule has 0 unspecified atom stereocenters. The fraction of sp³-hybridized carbons (Fsp3) is 0.188. The molecule has 114 valence electrons. The molecule has 6 heteroatoms. The predicted octanol–water partition coefficient (Wildman–Crippen LogP) is 1.28. The number of hydrogen-bond acceptors (Lipinski definition) is 3. The van der Waals surface area contributed by atoms with Crippen molar-refractivity contribution in [3.63, 3.8) is 0 Å². The van der Waals surface area contributed by atoms with Crippen LogP contribution in [0.15, 0.2) is 48.8 Å². The largest absolute Gasteiger partial charge is 0.495 e. The lowest BCUT2D eigenvalue weighted by atomic mass is 10.2. The summed E-state index contributed by atoms with van der Waals surface area (Å²) < 4.78 is 6.83. The Labute approximate surface area is 128 Å². The minimum absolute atomic E-state index is 0.226. The van der Waals surface area contributed by atoms with Crippen LogP contribution in [0.25, 0.3) is 0 Å². The average molecular weight is 300 g/mol. The molecular weight excluding hydrogens is 282 g/mol. The lowest BCUT2D eigenvalue weighted by molar-refractivity contribution is -0.705. The van der Waals surface area contributed by atoms with Crippen molar-refractivity contribution in [2.75, 3.05) is 12.4 Å². The Morgan fingerprint density at radius 2 is 1.95 bits per heavy atom. The van der Waals surface area contributed by atoms with Crippen molar-refractivity contribution in [2.45, 2.75) is 13.0 Å². The molecule has 1 heterocycles. The van der Waals surface area contributed by atoms with Crippen molar-refractivity contribution in [1.29, 1.82) is 0 Å². The monoisotopic (exact) mass is 300 g/mol. The summed E-state index contributed by atoms with van der Waals surface area (Å²) in [4.78, 5) is 23.6. The first-order chi connectivity index (χ1) is 10.5. The molecule has 3 N–H and O–H groups in total. The van der Waals surface area contributed by atoms with Crippen LogP contribution in [-0.2, 0) is 4.79 Å². The second-order valence-corrected chi connectivity index (χ2v) is 4.77. The van der Waals surface area contributed by atoms with Crippen LogP contribution in [0.5, 0.6) is 5.75 Å². The molecule has 0 spiro atoms. The number of primary amides is 1. The van der Waals surface area contributed by atoms with E-state index in [4.69, 9.17) is 10.5 Å². The van der Waals surface area contributed by atoms with E-state index in [0.29, 0.717) is 17.0 Å². The molecule has 0 fully saturated rings. The number of nitrogens with one attached hydrogen (secondary N) is 1. The predicted molar refractivity (Wildman–Crippen MR) is 81.5 cm³/mol. The number of pyridine rings is 1. The van der Waals surface area contributed by atoms with E-state index < -0.39 is 11.9 Å². The first-order valence-corrected chi connectivity index (χ1v) is 6.77. The Balaban J connectivity index is 2.19. The Kier molecular flexibility index (Phi) is 4.73. The van der Waals surface area contributed by atoms with Gasteiger partial charge in [-0.1, -0.05) is 12.1 Å². The number of carbonyl (C=O) groups excluding carboxylic acids is 2. The topological polar surface area (TPSA) is 85.3 Å². The molecule has 2 aromatic rings. The highest BCUT2D eigenvalue weighted by atomic mass is 16.5. The standard InChI is InChI=1S/C16H17N3O3/c1-11(19-9-5-6-12(10-19)15(17)20)16(21)18-13-7-3-4-8-14(13)22-2/h3-11H,1-2H3,(H2-,17,18,20,21)/p+1/t11-/m0/s1. The zero-order valence-electron chi connectivity index (χ0n) is 12.4. The van der Waals surface area contributed by atoms with Gasteiger partial charge < -0.3 is 15.8 Å². The van der Waals surface area contributed by atoms with Gasteiger partial charge in [0.25, 0.3) is 11.8 Å². The van der Waals surface area contributed by atoms with Gasteiger partial charge in [0, 0.05) is 13.0 Å². The zero-order valence-corrected chi connectivity index (χ0v) is 12.4. The van der Waals surface area contributed by atoms with E-state index >= 15 is 0 Å². The van der Waals surface area contributed by atoms with Crippen LogP contribution in [0.2, 0.25) is 0 Å². The van der Waals surface area contributed by atoms with Crippen LogP contribution in [-0.4, -0.2) is 18.9 Å². The van der Waals surface area contributed by atoms with Gasteiger partial charge in [-0.25, -0.2) is 0 Å². The number of anilines is 1. The highest BCUT2D eigenvalue weighted by molar-refractivity contribution is 5.94. The van der Waals surface area contributed by atoms with Gasteiger partial charge in [-0.05, 0) is 18.2 Å². The van der Waals surface area contributed by atoms with Gasteiger partial charge in [0.2, 0.25) is 6.04 Å². The van der Waals surface area contributed by atoms with Crippen LogP contribution >= 0.6 is 0 Å². The third kappa shape index (κ3) is 3.41. The number of ether oxygens (including phenoxy) is 1. The SMILES string of the molecule is COc1ccccc1NC(=O)[C@H](C)[n+]1cccc(C(N)=O)c1. The maximum absolute atomic E-state index is 12.4. The molecular formula is C16H18N3O3+. The summed E-state index contributed by atoms with van der Waals surface area (Å²) in [7, 11) is 1.54. The summed E-state index contributed by atoms with van der Waals surface area (Å²) in [6.45, 7) is 1.73. The fourth-order valence-electron chi connectivity index (χ4n) is 2.00. The molecule has 0 aliphatic heterocycles. The quantitative estimate of drug-likeness (QED) is 0.816. The van der Waals surface area contributed by atoms with Crippen LogP contribution < -0.4 is 20.4 Å². The third-order valence-corrected chi connectivity index (χ3v) is 3.30. The van der Waals surface area contributed by atoms with Crippen LogP contribution in [0.3, 0.4) is 0 Å². The molecule has 0 aliphatic carbocycles. The van der Waals surface area contributed by atoms with Crippen molar-refractivity contribution in [3.05, 3.63) is 54.4 Å². The van der Waals surface area contributed by atoms with E-state index in [1.807, 2.05) is 12.1 Å². The van der Waals surface area contributed by atoms with Crippen molar-refractivity contribution >= 4 is 17.5 Å². The van der Waals surface area contributed by atoms with E-state index in [1.54, 1.807) is 55.3 Å². The Morgan fingerprint density at radius 3 is 2.64 bits per heavy atom. The molecule has 0 aliphatic rings. The average Bonchev–Trinajstić information content (AvgIpc) is 2.54. The highest BCUT2D eigenvalue weighted by Gasteiger charge is 2.23. The molecule has 1 aromatic carbocycles. The molecule has 0 saturated heterocycles. The lowest BCUT2D eigenvalue weighted by Crippen LogP contribution is -2.44. The van der Waals surface area contributed by atoms with Gasteiger partial charge in [-0.2, -0.15) is 4.57 Å². The number of amides is 2. The molecule has 22 heavy (non-hydrogen) atoms. The van der Waals surface area contributed by atoms with E-state index in [1.165, 1.54) is 0 Å². The molecule has 6 nitrogen and oxygen atoms in total. The van der Waals surface area contributed by atoms with Crippen LogP contribution in [0, 0.1) is 0 Å². The minimum Gasteiger partial charge on any atom is -0.495 e. The summed E-state index contributed by atoms with van der Waals surface area (Å²) in [5.41, 5.74) is 6.19. The van der Waals surface area contributed by atoms with E-state index in [9.17, 15) is 9.59 Å². The van der Waals surface area contributed by atoms with Gasteiger partial charge >= 0.3 is 0 Å². The summed E-state index contributed by atoms with van der Waals surface area (Å²) in [6, 6.07) is 9.92. The number of benzene rings is 1. The van der Waals surface area contributed by atoms with E-state index in [2.05, 4.69) is 5.32 Å². The first-order valence-electron chi connectivity index (χ1n) is 6.77. The smallest absolute Gasteiger partial charge is 0.293 e. The number of rotatable bonds is 5. The van der Waals surface area contributed by atoms with Gasteiger partial charge in [0.15, 0.2) is 12.4 Å². The zero-order chi connectivity index (χ0) is 16.1. The number of nitrogens with two attached hydrogens (primary N) is 1. The van der Waals surface area contributed by atoms with Crippen molar-refractivity contribution in [2.24, 2.45) is 5.73 Å². The molecule has 0 radical (unpaired) electrons. The normalized spacial score (nSPS) is 11.5. The number of hydrogen-bond donors (Lipinski definition) is 2.